The molecule has 1 atom stereocenters. The van der Waals surface area contributed by atoms with Gasteiger partial charge in [-0.1, -0.05) is 0 Å². The maximum absolute atomic E-state index is 11.6. The third-order valence-electron chi connectivity index (χ3n) is 3.80. The Morgan fingerprint density at radius 1 is 1.24 bits per heavy atom. The molecule has 4 nitrogen and oxygen atoms in total. The third-order valence-corrected chi connectivity index (χ3v) is 3.80. The van der Waals surface area contributed by atoms with Crippen molar-refractivity contribution >= 4 is 25.9 Å². The second-order valence-corrected chi connectivity index (χ2v) is 5.07. The number of hydrogen-bond acceptors (Lipinski definition) is 3. The van der Waals surface area contributed by atoms with Crippen LogP contribution in [-0.4, -0.2) is 37.4 Å². The average Bonchev–Trinajstić information content (AvgIpc) is 2.57. The highest BCUT2D eigenvalue weighted by atomic mass is 16.2. The van der Waals surface area contributed by atoms with Gasteiger partial charge in [-0.25, -0.2) is 0 Å². The third kappa shape index (κ3) is 2.59. The van der Waals surface area contributed by atoms with E-state index in [0.717, 1.165) is 32.0 Å². The fourth-order valence-corrected chi connectivity index (χ4v) is 2.67. The molecule has 0 aromatic carbocycles. The monoisotopic (exact) mass is 233 g/mol. The van der Waals surface area contributed by atoms with Gasteiger partial charge in [0.05, 0.1) is 7.85 Å². The first kappa shape index (κ1) is 12.3. The molecule has 0 bridgehead atoms. The van der Waals surface area contributed by atoms with Crippen molar-refractivity contribution in [3.8, 4) is 0 Å². The normalized spacial score (nSPS) is 34.1. The van der Waals surface area contributed by atoms with E-state index >= 15 is 0 Å². The van der Waals surface area contributed by atoms with Crippen LogP contribution in [0.15, 0.2) is 0 Å². The second-order valence-electron chi connectivity index (χ2n) is 5.07. The maximum atomic E-state index is 11.6. The lowest BCUT2D eigenvalue weighted by Gasteiger charge is -2.28. The Hall–Kier alpha value is -1.13. The predicted molar refractivity (Wildman–Crippen MR) is 62.4 cm³/mol. The van der Waals surface area contributed by atoms with Crippen LogP contribution in [0.4, 0.5) is 0 Å². The Balaban J connectivity index is 1.88. The molecule has 2 fully saturated rings. The molecule has 5 heteroatoms. The summed E-state index contributed by atoms with van der Waals surface area (Å²) in [6, 6.07) is 0. The molecular weight excluding hydrogens is 217 g/mol. The van der Waals surface area contributed by atoms with E-state index in [2.05, 4.69) is 0 Å². The van der Waals surface area contributed by atoms with Gasteiger partial charge in [-0.05, 0) is 31.6 Å². The zero-order valence-electron chi connectivity index (χ0n) is 9.80. The number of carbonyl (C=O) groups is 3. The largest absolute Gasteiger partial charge is 0.303 e. The van der Waals surface area contributed by atoms with Crippen molar-refractivity contribution < 1.29 is 14.4 Å². The molecule has 0 aromatic rings. The number of nitrogens with zero attached hydrogens (tertiary/aromatic N) is 1. The van der Waals surface area contributed by atoms with Crippen molar-refractivity contribution in [1.29, 1.82) is 0 Å². The molecule has 1 saturated carbocycles. The van der Waals surface area contributed by atoms with Gasteiger partial charge in [0.15, 0.2) is 0 Å². The molecule has 0 spiro atoms. The Kier molecular flexibility index (Phi) is 3.65. The first-order valence-corrected chi connectivity index (χ1v) is 6.17. The lowest BCUT2D eigenvalue weighted by molar-refractivity contribution is -0.139. The topological polar surface area (TPSA) is 54.5 Å². The van der Waals surface area contributed by atoms with E-state index in [-0.39, 0.29) is 24.2 Å². The minimum absolute atomic E-state index is 0.141. The molecule has 2 radical (unpaired) electrons. The van der Waals surface area contributed by atoms with E-state index in [0.29, 0.717) is 12.5 Å². The SMILES string of the molecule is [B][C@H]1CC(=O)N(CC2CCC(C=O)CC2)C1=O. The number of rotatable bonds is 3. The zero-order valence-corrected chi connectivity index (χ0v) is 9.80. The molecule has 1 aliphatic heterocycles. The molecule has 0 unspecified atom stereocenters. The van der Waals surface area contributed by atoms with E-state index < -0.39 is 5.82 Å². The fraction of sp³-hybridized carbons (Fsp3) is 0.750. The fourth-order valence-electron chi connectivity index (χ4n) is 2.67. The molecule has 1 heterocycles. The average molecular weight is 233 g/mol. The Morgan fingerprint density at radius 2 is 1.88 bits per heavy atom. The number of hydrogen-bond donors (Lipinski definition) is 0. The summed E-state index contributed by atoms with van der Waals surface area (Å²) in [4.78, 5) is 35.1. The summed E-state index contributed by atoms with van der Waals surface area (Å²) in [5.74, 6) is -0.538. The molecule has 17 heavy (non-hydrogen) atoms. The standard InChI is InChI=1S/C12H16BNO3/c13-10-5-11(16)14(12(10)17)6-8-1-3-9(7-15)4-2-8/h7-10H,1-6H2/t8?,9?,10-/m0/s1. The van der Waals surface area contributed by atoms with Crippen LogP contribution in [0.1, 0.15) is 32.1 Å². The summed E-state index contributed by atoms with van der Waals surface area (Å²) in [5.41, 5.74) is 0. The van der Waals surface area contributed by atoms with Crippen LogP contribution in [-0.2, 0) is 14.4 Å². The van der Waals surface area contributed by atoms with Gasteiger partial charge in [0, 0.05) is 24.7 Å². The minimum atomic E-state index is -0.645. The number of imide groups is 1. The van der Waals surface area contributed by atoms with Crippen molar-refractivity contribution in [2.24, 2.45) is 11.8 Å². The van der Waals surface area contributed by atoms with Crippen LogP contribution < -0.4 is 0 Å². The van der Waals surface area contributed by atoms with Gasteiger partial charge in [-0.2, -0.15) is 0 Å². The lowest BCUT2D eigenvalue weighted by Crippen LogP contribution is -2.36. The van der Waals surface area contributed by atoms with E-state index in [1.807, 2.05) is 0 Å². The van der Waals surface area contributed by atoms with E-state index in [4.69, 9.17) is 7.85 Å². The summed E-state index contributed by atoms with van der Waals surface area (Å²) < 4.78 is 0. The Labute approximate surface area is 102 Å². The first-order chi connectivity index (χ1) is 8.11. The van der Waals surface area contributed by atoms with E-state index in [1.165, 1.54) is 4.90 Å². The van der Waals surface area contributed by atoms with Gasteiger partial charge in [0.2, 0.25) is 11.8 Å². The Bertz CT molecular complexity index is 337. The highest BCUT2D eigenvalue weighted by Crippen LogP contribution is 2.30. The molecule has 0 aromatic heterocycles. The molecule has 2 aliphatic rings. The summed E-state index contributed by atoms with van der Waals surface area (Å²) >= 11 is 0. The first-order valence-electron chi connectivity index (χ1n) is 6.17. The van der Waals surface area contributed by atoms with Crippen LogP contribution in [0.5, 0.6) is 0 Å². The summed E-state index contributed by atoms with van der Waals surface area (Å²) in [7, 11) is 5.55. The van der Waals surface area contributed by atoms with Gasteiger partial charge in [0.25, 0.3) is 0 Å². The van der Waals surface area contributed by atoms with Crippen LogP contribution in [0.2, 0.25) is 5.82 Å². The molecular formula is C12H16BNO3. The van der Waals surface area contributed by atoms with Crippen molar-refractivity contribution in [3.63, 3.8) is 0 Å². The van der Waals surface area contributed by atoms with E-state index in [9.17, 15) is 14.4 Å². The van der Waals surface area contributed by atoms with Crippen LogP contribution >= 0.6 is 0 Å². The van der Waals surface area contributed by atoms with Crippen molar-refractivity contribution in [1.82, 2.24) is 4.90 Å². The van der Waals surface area contributed by atoms with Gasteiger partial charge in [-0.15, -0.1) is 0 Å². The Morgan fingerprint density at radius 3 is 2.35 bits per heavy atom. The quantitative estimate of drug-likeness (QED) is 0.409. The number of carbonyl (C=O) groups excluding carboxylic acids is 3. The second kappa shape index (κ2) is 5.02. The predicted octanol–water partition coefficient (Wildman–Crippen LogP) is 0.708. The van der Waals surface area contributed by atoms with Crippen LogP contribution in [0, 0.1) is 11.8 Å². The van der Waals surface area contributed by atoms with Gasteiger partial charge < -0.3 is 4.79 Å². The summed E-state index contributed by atoms with van der Waals surface area (Å²) in [5, 5.41) is 0. The number of likely N-dealkylation sites (tertiary alicyclic amines) is 1. The molecule has 1 saturated heterocycles. The highest BCUT2D eigenvalue weighted by molar-refractivity contribution is 6.29. The molecule has 2 rings (SSSR count). The smallest absolute Gasteiger partial charge is 0.229 e. The minimum Gasteiger partial charge on any atom is -0.303 e. The highest BCUT2D eigenvalue weighted by Gasteiger charge is 2.36. The summed E-state index contributed by atoms with van der Waals surface area (Å²) in [6.07, 6.45) is 4.72. The molecule has 1 aliphatic carbocycles. The summed E-state index contributed by atoms with van der Waals surface area (Å²) in [6.45, 7) is 0.483. The lowest BCUT2D eigenvalue weighted by atomic mass is 9.82. The molecule has 90 valence electrons. The van der Waals surface area contributed by atoms with Gasteiger partial charge in [-0.3, -0.25) is 14.5 Å². The number of amides is 2. The molecule has 2 amide bonds. The number of aldehydes is 1. The van der Waals surface area contributed by atoms with Crippen molar-refractivity contribution in [3.05, 3.63) is 0 Å². The maximum Gasteiger partial charge on any atom is 0.229 e. The van der Waals surface area contributed by atoms with Crippen LogP contribution in [0.25, 0.3) is 0 Å². The molecule has 0 N–H and O–H groups in total. The van der Waals surface area contributed by atoms with Gasteiger partial charge in [0.1, 0.15) is 6.29 Å². The van der Waals surface area contributed by atoms with Gasteiger partial charge >= 0.3 is 0 Å². The van der Waals surface area contributed by atoms with Crippen molar-refractivity contribution in [2.45, 2.75) is 37.9 Å². The van der Waals surface area contributed by atoms with E-state index in [1.54, 1.807) is 0 Å². The zero-order chi connectivity index (χ0) is 12.4. The van der Waals surface area contributed by atoms with Crippen LogP contribution in [0.3, 0.4) is 0 Å². The van der Waals surface area contributed by atoms with Crippen molar-refractivity contribution in [2.75, 3.05) is 6.54 Å².